The topological polar surface area (TPSA) is 6.48 Å². The highest BCUT2D eigenvalue weighted by Gasteiger charge is 2.56. The lowest BCUT2D eigenvalue weighted by Gasteiger charge is -2.43. The average molecular weight is 876 g/mol. The fourth-order valence-corrected chi connectivity index (χ4v) is 13.8. The molecule has 0 N–H and O–H groups in total. The van der Waals surface area contributed by atoms with E-state index in [0.717, 1.165) is 34.0 Å². The number of thiophene rings is 1. The van der Waals surface area contributed by atoms with Crippen molar-refractivity contribution < 1.29 is 4.11 Å². The van der Waals surface area contributed by atoms with E-state index in [9.17, 15) is 0 Å². The van der Waals surface area contributed by atoms with Crippen LogP contribution in [0, 0.1) is 6.85 Å². The third-order valence-electron chi connectivity index (χ3n) is 14.9. The van der Waals surface area contributed by atoms with Crippen LogP contribution in [0.1, 0.15) is 56.6 Å². The van der Waals surface area contributed by atoms with E-state index in [1.807, 2.05) is 23.5 Å². The highest BCUT2D eigenvalue weighted by molar-refractivity contribution is 7.30. The van der Waals surface area contributed by atoms with E-state index in [2.05, 4.69) is 212 Å². The van der Waals surface area contributed by atoms with Crippen LogP contribution >= 0.6 is 11.3 Å². The van der Waals surface area contributed by atoms with E-state index in [4.69, 9.17) is 4.11 Å². The molecule has 0 bridgehead atoms. The van der Waals surface area contributed by atoms with Crippen molar-refractivity contribution in [1.82, 2.24) is 0 Å². The molecule has 2 nitrogen and oxygen atoms in total. The molecule has 0 fully saturated rings. The lowest BCUT2D eigenvalue weighted by Crippen LogP contribution is -2.60. The van der Waals surface area contributed by atoms with Crippen LogP contribution in [-0.2, 0) is 5.41 Å². The molecule has 4 heteroatoms. The first kappa shape index (κ1) is 35.6. The van der Waals surface area contributed by atoms with Gasteiger partial charge in [-0.05, 0) is 127 Å². The van der Waals surface area contributed by atoms with Gasteiger partial charge in [0.25, 0.3) is 6.71 Å². The number of aryl methyl sites for hydroxylation is 1. The van der Waals surface area contributed by atoms with Gasteiger partial charge in [-0.1, -0.05) is 189 Å². The monoisotopic (exact) mass is 875 g/mol. The van der Waals surface area contributed by atoms with Crippen molar-refractivity contribution in [3.63, 3.8) is 0 Å². The molecule has 14 rings (SSSR count). The van der Waals surface area contributed by atoms with Crippen molar-refractivity contribution in [3.8, 4) is 44.5 Å². The van der Waals surface area contributed by atoms with Gasteiger partial charge in [0, 0.05) is 47.8 Å². The standard InChI is InChI=1S/C63H45BN2S/c1-39(2)42-31-35-46(41-17-6-4-7-18-41)50(37-42)43-32-36-54-57(38-43)65(45-33-29-40(3)30-34-45)55-27-16-28-56-59(55)64(54)62-60(66(56)44-19-8-5-9-20-44)58-49-23-12-15-26-53(49)63(61(58)67-62)51-24-13-10-21-47(51)48-22-11-14-25-52(48)63/h4-39H,1-3H3/i3D3. The van der Waals surface area contributed by atoms with Crippen molar-refractivity contribution in [2.24, 2.45) is 0 Å². The number of hydrogen-bond donors (Lipinski definition) is 0. The van der Waals surface area contributed by atoms with Crippen LogP contribution in [0.2, 0.25) is 0 Å². The summed E-state index contributed by atoms with van der Waals surface area (Å²) in [5.74, 6) is 0.348. The number of hydrogen-bond acceptors (Lipinski definition) is 3. The van der Waals surface area contributed by atoms with Crippen LogP contribution in [0.5, 0.6) is 0 Å². The number of benzene rings is 9. The number of anilines is 6. The molecular formula is C63H45BN2S. The van der Waals surface area contributed by atoms with Gasteiger partial charge in [0.15, 0.2) is 0 Å². The minimum atomic E-state index is -2.22. The Balaban J connectivity index is 1.08. The third-order valence-corrected chi connectivity index (χ3v) is 16.3. The minimum absolute atomic E-state index is 0.106. The van der Waals surface area contributed by atoms with Gasteiger partial charge >= 0.3 is 0 Å². The Labute approximate surface area is 401 Å². The highest BCUT2D eigenvalue weighted by Crippen LogP contribution is 2.66. The molecule has 0 radical (unpaired) electrons. The number of para-hydroxylation sites is 1. The number of fused-ring (bicyclic) bond motifs is 15. The Morgan fingerprint density at radius 1 is 0.493 bits per heavy atom. The van der Waals surface area contributed by atoms with Gasteiger partial charge in [-0.2, -0.15) is 0 Å². The molecule has 316 valence electrons. The minimum Gasteiger partial charge on any atom is -0.311 e. The number of rotatable bonds is 5. The van der Waals surface area contributed by atoms with E-state index in [0.29, 0.717) is 11.5 Å². The summed E-state index contributed by atoms with van der Waals surface area (Å²) in [5, 5.41) is 0. The Hall–Kier alpha value is -7.66. The van der Waals surface area contributed by atoms with Gasteiger partial charge in [-0.15, -0.1) is 11.3 Å². The lowest BCUT2D eigenvalue weighted by atomic mass is 9.36. The van der Waals surface area contributed by atoms with Gasteiger partial charge in [0.2, 0.25) is 0 Å². The highest BCUT2D eigenvalue weighted by atomic mass is 32.1. The van der Waals surface area contributed by atoms with Crippen molar-refractivity contribution in [2.45, 2.75) is 32.0 Å². The molecule has 0 unspecified atom stereocenters. The molecule has 10 aromatic rings. The summed E-state index contributed by atoms with van der Waals surface area (Å²) >= 11 is 1.99. The maximum absolute atomic E-state index is 8.29. The lowest BCUT2D eigenvalue weighted by molar-refractivity contribution is 0.811. The van der Waals surface area contributed by atoms with Crippen LogP contribution < -0.4 is 25.5 Å². The quantitative estimate of drug-likeness (QED) is 0.159. The molecule has 1 aromatic heterocycles. The summed E-state index contributed by atoms with van der Waals surface area (Å²) in [6, 6.07) is 77.3. The molecule has 4 aliphatic rings. The Morgan fingerprint density at radius 3 is 1.79 bits per heavy atom. The Kier molecular flexibility index (Phi) is 7.66. The molecule has 2 aliphatic heterocycles. The predicted octanol–water partition coefficient (Wildman–Crippen LogP) is 14.9. The first-order chi connectivity index (χ1) is 34.2. The van der Waals surface area contributed by atoms with Crippen molar-refractivity contribution in [2.75, 3.05) is 9.80 Å². The van der Waals surface area contributed by atoms with Crippen LogP contribution in [0.4, 0.5) is 34.1 Å². The maximum Gasteiger partial charge on any atom is 0.264 e. The van der Waals surface area contributed by atoms with E-state index in [1.54, 1.807) is 12.1 Å². The van der Waals surface area contributed by atoms with Gasteiger partial charge in [0.1, 0.15) is 0 Å². The molecule has 0 saturated heterocycles. The van der Waals surface area contributed by atoms with Gasteiger partial charge in [0.05, 0.1) is 11.1 Å². The molecule has 0 saturated carbocycles. The van der Waals surface area contributed by atoms with E-state index < -0.39 is 12.3 Å². The van der Waals surface area contributed by atoms with Gasteiger partial charge in [-0.3, -0.25) is 0 Å². The zero-order valence-corrected chi connectivity index (χ0v) is 38.0. The zero-order valence-electron chi connectivity index (χ0n) is 40.2. The van der Waals surface area contributed by atoms with E-state index >= 15 is 0 Å². The fraction of sp³-hybridized carbons (Fsp3) is 0.0794. The largest absolute Gasteiger partial charge is 0.311 e. The zero-order chi connectivity index (χ0) is 47.0. The molecule has 9 aromatic carbocycles. The second kappa shape index (κ2) is 14.4. The van der Waals surface area contributed by atoms with Gasteiger partial charge in [-0.25, -0.2) is 0 Å². The third kappa shape index (κ3) is 5.28. The predicted molar refractivity (Wildman–Crippen MR) is 284 cm³/mol. The Morgan fingerprint density at radius 2 is 1.10 bits per heavy atom. The first-order valence-corrected chi connectivity index (χ1v) is 24.2. The summed E-state index contributed by atoms with van der Waals surface area (Å²) in [6.07, 6.45) is 0. The molecule has 3 heterocycles. The maximum atomic E-state index is 8.29. The van der Waals surface area contributed by atoms with E-state index in [1.165, 1.54) is 87.5 Å². The SMILES string of the molecule is [2H]C([2H])([2H])c1ccc(N2c3cc(-c4cc(C(C)C)ccc4-c4ccccc4)ccc3B3c4sc5c(c4N(c4ccccc4)c4cccc2c43)-c2ccccc2C52c3ccccc3-c3ccccc32)cc1. The summed E-state index contributed by atoms with van der Waals surface area (Å²) in [5.41, 5.74) is 24.0. The summed E-state index contributed by atoms with van der Waals surface area (Å²) in [6.45, 7) is 2.19. The van der Waals surface area contributed by atoms with Gasteiger partial charge < -0.3 is 9.80 Å². The van der Waals surface area contributed by atoms with Crippen molar-refractivity contribution in [3.05, 3.63) is 245 Å². The molecule has 67 heavy (non-hydrogen) atoms. The van der Waals surface area contributed by atoms with Crippen molar-refractivity contribution in [1.29, 1.82) is 0 Å². The summed E-state index contributed by atoms with van der Waals surface area (Å²) in [7, 11) is 0. The molecule has 1 spiro atoms. The van der Waals surface area contributed by atoms with Crippen LogP contribution in [-0.4, -0.2) is 6.71 Å². The average Bonchev–Trinajstić information content (AvgIpc) is 4.03. The van der Waals surface area contributed by atoms with Crippen molar-refractivity contribution >= 4 is 67.9 Å². The van der Waals surface area contributed by atoms with Crippen LogP contribution in [0.15, 0.2) is 212 Å². The molecule has 0 atom stereocenters. The Bertz CT molecular complexity index is 3720. The normalized spacial score (nSPS) is 14.9. The smallest absolute Gasteiger partial charge is 0.264 e. The second-order valence-corrected chi connectivity index (χ2v) is 19.8. The second-order valence-electron chi connectivity index (χ2n) is 18.7. The molecule has 0 amide bonds. The van der Waals surface area contributed by atoms with E-state index in [-0.39, 0.29) is 6.71 Å². The summed E-state index contributed by atoms with van der Waals surface area (Å²) < 4.78 is 26.2. The van der Waals surface area contributed by atoms with Crippen LogP contribution in [0.3, 0.4) is 0 Å². The molecular weight excluding hydrogens is 828 g/mol. The fourth-order valence-electron chi connectivity index (χ4n) is 12.1. The van der Waals surface area contributed by atoms with Crippen LogP contribution in [0.25, 0.3) is 44.5 Å². The first-order valence-electron chi connectivity index (χ1n) is 24.9. The number of nitrogens with zero attached hydrogens (tertiary/aromatic N) is 2. The molecule has 2 aliphatic carbocycles. The summed E-state index contributed by atoms with van der Waals surface area (Å²) in [4.78, 5) is 6.30.